The highest BCUT2D eigenvalue weighted by atomic mass is 16.5. The van der Waals surface area contributed by atoms with E-state index in [1.165, 1.54) is 34.1 Å². The average Bonchev–Trinajstić information content (AvgIpc) is 2.46. The minimum Gasteiger partial charge on any atom is -0.496 e. The van der Waals surface area contributed by atoms with Crippen LogP contribution in [-0.2, 0) is 6.42 Å². The molecular weight excluding hydrogens is 300 g/mol. The lowest BCUT2D eigenvalue weighted by Gasteiger charge is -2.25. The molecule has 0 aliphatic heterocycles. The molecule has 0 bridgehead atoms. The van der Waals surface area contributed by atoms with Crippen LogP contribution in [0.3, 0.4) is 0 Å². The molecule has 0 aliphatic rings. The van der Waals surface area contributed by atoms with Crippen molar-refractivity contribution < 1.29 is 24.1 Å². The fraction of sp³-hybridized carbons (Fsp3) is 0.471. The SMILES string of the molecule is COc1cc(OC)c2c(=O)cc(C)oc2c1C[C@H](O)C(C)(C)O. The van der Waals surface area contributed by atoms with Gasteiger partial charge in [0.15, 0.2) is 5.43 Å². The Morgan fingerprint density at radius 3 is 2.35 bits per heavy atom. The summed E-state index contributed by atoms with van der Waals surface area (Å²) in [7, 11) is 2.94. The van der Waals surface area contributed by atoms with Gasteiger partial charge in [0.25, 0.3) is 0 Å². The summed E-state index contributed by atoms with van der Waals surface area (Å²) in [5, 5.41) is 20.5. The van der Waals surface area contributed by atoms with E-state index in [0.717, 1.165) is 0 Å². The molecular formula is C17H22O6. The van der Waals surface area contributed by atoms with Crippen LogP contribution in [0.25, 0.3) is 11.0 Å². The van der Waals surface area contributed by atoms with Gasteiger partial charge in [-0.3, -0.25) is 4.79 Å². The molecule has 2 N–H and O–H groups in total. The largest absolute Gasteiger partial charge is 0.496 e. The predicted octanol–water partition coefficient (Wildman–Crippen LogP) is 1.79. The summed E-state index contributed by atoms with van der Waals surface area (Å²) >= 11 is 0. The number of benzene rings is 1. The summed E-state index contributed by atoms with van der Waals surface area (Å²) in [5.41, 5.74) is -0.725. The van der Waals surface area contributed by atoms with Gasteiger partial charge in [0.1, 0.15) is 28.2 Å². The van der Waals surface area contributed by atoms with Crippen LogP contribution < -0.4 is 14.9 Å². The van der Waals surface area contributed by atoms with Crippen LogP contribution in [0.5, 0.6) is 11.5 Å². The monoisotopic (exact) mass is 322 g/mol. The van der Waals surface area contributed by atoms with Gasteiger partial charge in [-0.2, -0.15) is 0 Å². The fourth-order valence-electron chi connectivity index (χ4n) is 2.43. The van der Waals surface area contributed by atoms with E-state index >= 15 is 0 Å². The maximum atomic E-state index is 12.3. The van der Waals surface area contributed by atoms with Crippen LogP contribution in [0.1, 0.15) is 25.2 Å². The van der Waals surface area contributed by atoms with Gasteiger partial charge in [-0.25, -0.2) is 0 Å². The maximum absolute atomic E-state index is 12.3. The van der Waals surface area contributed by atoms with Gasteiger partial charge in [0.05, 0.1) is 25.9 Å². The molecule has 1 aromatic heterocycles. The fourth-order valence-corrected chi connectivity index (χ4v) is 2.43. The minimum atomic E-state index is -1.30. The number of rotatable bonds is 5. The van der Waals surface area contributed by atoms with Crippen LogP contribution in [0, 0.1) is 6.92 Å². The van der Waals surface area contributed by atoms with E-state index in [1.54, 1.807) is 13.0 Å². The lowest BCUT2D eigenvalue weighted by molar-refractivity contribution is -0.0470. The van der Waals surface area contributed by atoms with E-state index in [1.807, 2.05) is 0 Å². The summed E-state index contributed by atoms with van der Waals surface area (Å²) < 4.78 is 16.3. The van der Waals surface area contributed by atoms with E-state index in [9.17, 15) is 15.0 Å². The molecule has 0 saturated heterocycles. The quantitative estimate of drug-likeness (QED) is 0.872. The van der Waals surface area contributed by atoms with E-state index < -0.39 is 11.7 Å². The molecule has 23 heavy (non-hydrogen) atoms. The molecule has 2 aromatic rings. The summed E-state index contributed by atoms with van der Waals surface area (Å²) in [6.45, 7) is 4.69. The number of hydrogen-bond acceptors (Lipinski definition) is 6. The van der Waals surface area contributed by atoms with E-state index in [2.05, 4.69) is 0 Å². The second-order valence-corrected chi connectivity index (χ2v) is 6.06. The molecule has 1 heterocycles. The molecule has 0 amide bonds. The molecule has 0 saturated carbocycles. The zero-order valence-electron chi connectivity index (χ0n) is 14.0. The van der Waals surface area contributed by atoms with Crippen LogP contribution in [-0.4, -0.2) is 36.1 Å². The Labute approximate surface area is 134 Å². The van der Waals surface area contributed by atoms with Crippen LogP contribution in [0.15, 0.2) is 21.3 Å². The van der Waals surface area contributed by atoms with Gasteiger partial charge in [-0.15, -0.1) is 0 Å². The van der Waals surface area contributed by atoms with Crippen molar-refractivity contribution in [2.75, 3.05) is 14.2 Å². The molecule has 6 nitrogen and oxygen atoms in total. The third kappa shape index (κ3) is 3.33. The second-order valence-electron chi connectivity index (χ2n) is 6.06. The highest BCUT2D eigenvalue weighted by molar-refractivity contribution is 5.88. The molecule has 1 aromatic carbocycles. The molecule has 0 aliphatic carbocycles. The van der Waals surface area contributed by atoms with Crippen molar-refractivity contribution >= 4 is 11.0 Å². The van der Waals surface area contributed by atoms with E-state index in [0.29, 0.717) is 28.4 Å². The Morgan fingerprint density at radius 1 is 1.22 bits per heavy atom. The maximum Gasteiger partial charge on any atom is 0.196 e. The molecule has 1 atom stereocenters. The number of methoxy groups -OCH3 is 2. The highest BCUT2D eigenvalue weighted by Crippen LogP contribution is 2.36. The summed E-state index contributed by atoms with van der Waals surface area (Å²) in [4.78, 5) is 12.3. The summed E-state index contributed by atoms with van der Waals surface area (Å²) in [6.07, 6.45) is -0.988. The second kappa shape index (κ2) is 6.22. The summed E-state index contributed by atoms with van der Waals surface area (Å²) in [5.74, 6) is 1.20. The first-order chi connectivity index (χ1) is 10.7. The third-order valence-corrected chi connectivity index (χ3v) is 3.80. The van der Waals surface area contributed by atoms with Gasteiger partial charge in [0.2, 0.25) is 0 Å². The highest BCUT2D eigenvalue weighted by Gasteiger charge is 2.28. The first-order valence-electron chi connectivity index (χ1n) is 7.27. The van der Waals surface area contributed by atoms with E-state index in [-0.39, 0.29) is 17.2 Å². The van der Waals surface area contributed by atoms with Crippen LogP contribution >= 0.6 is 0 Å². The number of aryl methyl sites for hydroxylation is 1. The topological polar surface area (TPSA) is 89.1 Å². The molecule has 6 heteroatoms. The van der Waals surface area contributed by atoms with Crippen LogP contribution in [0.2, 0.25) is 0 Å². The summed E-state index contributed by atoms with van der Waals surface area (Å²) in [6, 6.07) is 2.97. The first-order valence-corrected chi connectivity index (χ1v) is 7.27. The van der Waals surface area contributed by atoms with Crippen molar-refractivity contribution in [3.63, 3.8) is 0 Å². The zero-order chi connectivity index (χ0) is 17.4. The molecule has 0 spiro atoms. The van der Waals surface area contributed by atoms with Crippen molar-refractivity contribution in [2.24, 2.45) is 0 Å². The normalized spacial score (nSPS) is 13.2. The number of fused-ring (bicyclic) bond motifs is 1. The lowest BCUT2D eigenvalue weighted by Crippen LogP contribution is -2.37. The van der Waals surface area contributed by atoms with Gasteiger partial charge in [0, 0.05) is 24.1 Å². The minimum absolute atomic E-state index is 0.0690. The Bertz CT molecular complexity index is 769. The van der Waals surface area contributed by atoms with Crippen molar-refractivity contribution in [2.45, 2.75) is 38.9 Å². The Kier molecular flexibility index (Phi) is 4.68. The Balaban J connectivity index is 2.78. The number of aliphatic hydroxyl groups excluding tert-OH is 1. The van der Waals surface area contributed by atoms with Crippen LogP contribution in [0.4, 0.5) is 0 Å². The first kappa shape index (κ1) is 17.3. The van der Waals surface area contributed by atoms with Gasteiger partial charge < -0.3 is 24.1 Å². The van der Waals surface area contributed by atoms with Crippen molar-refractivity contribution in [3.05, 3.63) is 33.7 Å². The molecule has 0 unspecified atom stereocenters. The zero-order valence-corrected chi connectivity index (χ0v) is 14.0. The van der Waals surface area contributed by atoms with Gasteiger partial charge in [-0.1, -0.05) is 0 Å². The predicted molar refractivity (Wildman–Crippen MR) is 86.3 cm³/mol. The lowest BCUT2D eigenvalue weighted by atomic mass is 9.93. The number of aliphatic hydroxyl groups is 2. The molecule has 0 radical (unpaired) electrons. The molecule has 2 rings (SSSR count). The Hall–Kier alpha value is -2.05. The van der Waals surface area contributed by atoms with Crippen molar-refractivity contribution in [3.8, 4) is 11.5 Å². The number of ether oxygens (including phenoxy) is 2. The van der Waals surface area contributed by atoms with Crippen molar-refractivity contribution in [1.29, 1.82) is 0 Å². The standard InChI is InChI=1S/C17H22O6/c1-9-6-11(18)15-13(22-5)8-12(21-4)10(16(15)23-9)7-14(19)17(2,3)20/h6,8,14,19-20H,7H2,1-5H3/t14-/m0/s1. The smallest absolute Gasteiger partial charge is 0.196 e. The third-order valence-electron chi connectivity index (χ3n) is 3.80. The molecule has 126 valence electrons. The molecule has 0 fully saturated rings. The average molecular weight is 322 g/mol. The number of hydrogen-bond donors (Lipinski definition) is 2. The van der Waals surface area contributed by atoms with Gasteiger partial charge >= 0.3 is 0 Å². The van der Waals surface area contributed by atoms with Gasteiger partial charge in [-0.05, 0) is 20.8 Å². The van der Waals surface area contributed by atoms with E-state index in [4.69, 9.17) is 13.9 Å². The Morgan fingerprint density at radius 2 is 1.83 bits per heavy atom. The van der Waals surface area contributed by atoms with Crippen molar-refractivity contribution in [1.82, 2.24) is 0 Å².